The molecule has 1 unspecified atom stereocenters. The van der Waals surface area contributed by atoms with Crippen LogP contribution in [0.15, 0.2) is 30.3 Å². The van der Waals surface area contributed by atoms with Gasteiger partial charge in [0.1, 0.15) is 5.78 Å². The van der Waals surface area contributed by atoms with E-state index in [1.54, 1.807) is 0 Å². The standard InChI is InChI=1S/C15H21NO/c1-15(2)13(14(17)9-10-16(15)3)11-12-7-5-4-6-8-12/h4-8,13H,9-11H2,1-3H3. The van der Waals surface area contributed by atoms with Gasteiger partial charge >= 0.3 is 0 Å². The molecular weight excluding hydrogens is 210 g/mol. The minimum atomic E-state index is -0.0365. The number of nitrogens with zero attached hydrogens (tertiary/aromatic N) is 1. The number of Topliss-reactive ketones (excluding diaryl/α,β-unsaturated/α-hetero) is 1. The van der Waals surface area contributed by atoms with Crippen molar-refractivity contribution in [1.82, 2.24) is 4.90 Å². The monoisotopic (exact) mass is 231 g/mol. The molecule has 1 aliphatic rings. The Bertz CT molecular complexity index is 397. The molecule has 2 rings (SSSR count). The number of rotatable bonds is 2. The summed E-state index contributed by atoms with van der Waals surface area (Å²) < 4.78 is 0. The van der Waals surface area contributed by atoms with Gasteiger partial charge in [-0.05, 0) is 32.9 Å². The second-order valence-corrected chi connectivity index (χ2v) is 5.53. The summed E-state index contributed by atoms with van der Waals surface area (Å²) in [7, 11) is 2.12. The van der Waals surface area contributed by atoms with E-state index in [0.717, 1.165) is 13.0 Å². The first kappa shape index (κ1) is 12.3. The van der Waals surface area contributed by atoms with Gasteiger partial charge in [-0.1, -0.05) is 30.3 Å². The van der Waals surface area contributed by atoms with Crippen molar-refractivity contribution in [2.24, 2.45) is 5.92 Å². The number of benzene rings is 1. The lowest BCUT2D eigenvalue weighted by molar-refractivity contribution is -0.132. The van der Waals surface area contributed by atoms with E-state index in [2.05, 4.69) is 37.9 Å². The molecule has 0 bridgehead atoms. The summed E-state index contributed by atoms with van der Waals surface area (Å²) in [4.78, 5) is 14.4. The van der Waals surface area contributed by atoms with Crippen LogP contribution < -0.4 is 0 Å². The number of carbonyl (C=O) groups is 1. The van der Waals surface area contributed by atoms with Gasteiger partial charge in [0.25, 0.3) is 0 Å². The van der Waals surface area contributed by atoms with Gasteiger partial charge in [-0.25, -0.2) is 0 Å². The van der Waals surface area contributed by atoms with Crippen molar-refractivity contribution < 1.29 is 4.79 Å². The summed E-state index contributed by atoms with van der Waals surface area (Å²) in [6.45, 7) is 5.24. The molecule has 2 nitrogen and oxygen atoms in total. The summed E-state index contributed by atoms with van der Waals surface area (Å²) in [6, 6.07) is 10.3. The number of hydrogen-bond acceptors (Lipinski definition) is 2. The van der Waals surface area contributed by atoms with Crippen molar-refractivity contribution in [2.45, 2.75) is 32.2 Å². The number of carbonyl (C=O) groups excluding carboxylic acids is 1. The summed E-state index contributed by atoms with van der Waals surface area (Å²) in [5.41, 5.74) is 1.22. The second kappa shape index (κ2) is 4.61. The van der Waals surface area contributed by atoms with Crippen molar-refractivity contribution in [3.8, 4) is 0 Å². The van der Waals surface area contributed by atoms with E-state index in [4.69, 9.17) is 0 Å². The Hall–Kier alpha value is -1.15. The molecular formula is C15H21NO. The Kier molecular flexibility index (Phi) is 3.34. The Labute approximate surface area is 104 Å². The van der Waals surface area contributed by atoms with Crippen molar-refractivity contribution in [1.29, 1.82) is 0 Å². The largest absolute Gasteiger partial charge is 0.300 e. The highest BCUT2D eigenvalue weighted by Gasteiger charge is 2.41. The molecule has 1 aromatic carbocycles. The molecule has 0 saturated carbocycles. The number of hydrogen-bond donors (Lipinski definition) is 0. The van der Waals surface area contributed by atoms with Gasteiger partial charge in [-0.15, -0.1) is 0 Å². The van der Waals surface area contributed by atoms with Crippen LogP contribution in [-0.4, -0.2) is 29.8 Å². The highest BCUT2D eigenvalue weighted by Crippen LogP contribution is 2.32. The van der Waals surface area contributed by atoms with Gasteiger partial charge in [-0.3, -0.25) is 4.79 Å². The molecule has 2 heteroatoms. The summed E-state index contributed by atoms with van der Waals surface area (Å²) >= 11 is 0. The van der Waals surface area contributed by atoms with Crippen LogP contribution in [0.1, 0.15) is 25.8 Å². The fourth-order valence-corrected chi connectivity index (χ4v) is 2.61. The van der Waals surface area contributed by atoms with Gasteiger partial charge in [-0.2, -0.15) is 0 Å². The third-order valence-electron chi connectivity index (χ3n) is 4.20. The molecule has 1 fully saturated rings. The van der Waals surface area contributed by atoms with E-state index in [1.165, 1.54) is 5.56 Å². The summed E-state index contributed by atoms with van der Waals surface area (Å²) in [6.07, 6.45) is 1.55. The van der Waals surface area contributed by atoms with Crippen molar-refractivity contribution in [3.63, 3.8) is 0 Å². The van der Waals surface area contributed by atoms with Crippen molar-refractivity contribution >= 4 is 5.78 Å². The number of likely N-dealkylation sites (tertiary alicyclic amines) is 1. The smallest absolute Gasteiger partial charge is 0.139 e. The van der Waals surface area contributed by atoms with Crippen LogP contribution in [0, 0.1) is 5.92 Å². The van der Waals surface area contributed by atoms with Crippen LogP contribution in [0.3, 0.4) is 0 Å². The predicted octanol–water partition coefficient (Wildman–Crippen LogP) is 2.53. The zero-order valence-corrected chi connectivity index (χ0v) is 10.9. The topological polar surface area (TPSA) is 20.3 Å². The fourth-order valence-electron chi connectivity index (χ4n) is 2.61. The van der Waals surface area contributed by atoms with Crippen LogP contribution in [0.4, 0.5) is 0 Å². The molecule has 0 N–H and O–H groups in total. The number of piperidine rings is 1. The third-order valence-corrected chi connectivity index (χ3v) is 4.20. The zero-order valence-electron chi connectivity index (χ0n) is 10.9. The maximum atomic E-state index is 12.1. The number of ketones is 1. The quantitative estimate of drug-likeness (QED) is 0.779. The normalized spacial score (nSPS) is 24.9. The molecule has 0 radical (unpaired) electrons. The molecule has 1 aromatic rings. The first-order chi connectivity index (χ1) is 8.01. The van der Waals surface area contributed by atoms with E-state index < -0.39 is 0 Å². The highest BCUT2D eigenvalue weighted by atomic mass is 16.1. The van der Waals surface area contributed by atoms with E-state index in [-0.39, 0.29) is 11.5 Å². The van der Waals surface area contributed by atoms with Gasteiger partial charge < -0.3 is 4.90 Å². The third kappa shape index (κ3) is 2.42. The Morgan fingerprint density at radius 2 is 1.94 bits per heavy atom. The first-order valence-corrected chi connectivity index (χ1v) is 6.29. The van der Waals surface area contributed by atoms with Crippen LogP contribution in [0.2, 0.25) is 0 Å². The van der Waals surface area contributed by atoms with Gasteiger partial charge in [0.2, 0.25) is 0 Å². The molecule has 1 atom stereocenters. The van der Waals surface area contributed by atoms with Crippen LogP contribution in [0.25, 0.3) is 0 Å². The maximum Gasteiger partial charge on any atom is 0.139 e. The Morgan fingerprint density at radius 1 is 1.29 bits per heavy atom. The second-order valence-electron chi connectivity index (χ2n) is 5.53. The molecule has 1 heterocycles. The molecule has 0 spiro atoms. The van der Waals surface area contributed by atoms with E-state index in [9.17, 15) is 4.79 Å². The lowest BCUT2D eigenvalue weighted by Crippen LogP contribution is -2.55. The lowest BCUT2D eigenvalue weighted by Gasteiger charge is -2.45. The molecule has 0 aliphatic carbocycles. The van der Waals surface area contributed by atoms with E-state index in [0.29, 0.717) is 12.2 Å². The fraction of sp³-hybridized carbons (Fsp3) is 0.533. The Balaban J connectivity index is 2.20. The van der Waals surface area contributed by atoms with Crippen LogP contribution in [-0.2, 0) is 11.2 Å². The SMILES string of the molecule is CN1CCC(=O)C(Cc2ccccc2)C1(C)C. The van der Waals surface area contributed by atoms with Gasteiger partial charge in [0.05, 0.1) is 0 Å². The molecule has 1 saturated heterocycles. The predicted molar refractivity (Wildman–Crippen MR) is 70.0 cm³/mol. The minimum Gasteiger partial charge on any atom is -0.300 e. The van der Waals surface area contributed by atoms with Crippen LogP contribution in [0.5, 0.6) is 0 Å². The Morgan fingerprint density at radius 3 is 2.59 bits per heavy atom. The molecule has 0 amide bonds. The molecule has 0 aromatic heterocycles. The summed E-state index contributed by atoms with van der Waals surface area (Å²) in [5.74, 6) is 0.528. The van der Waals surface area contributed by atoms with E-state index in [1.807, 2.05) is 18.2 Å². The molecule has 1 aliphatic heterocycles. The van der Waals surface area contributed by atoms with E-state index >= 15 is 0 Å². The first-order valence-electron chi connectivity index (χ1n) is 6.29. The van der Waals surface area contributed by atoms with Crippen molar-refractivity contribution in [2.75, 3.05) is 13.6 Å². The van der Waals surface area contributed by atoms with Crippen LogP contribution >= 0.6 is 0 Å². The average Bonchev–Trinajstić information content (AvgIpc) is 2.32. The lowest BCUT2D eigenvalue weighted by atomic mass is 9.75. The highest BCUT2D eigenvalue weighted by molar-refractivity contribution is 5.83. The minimum absolute atomic E-state index is 0.0365. The summed E-state index contributed by atoms with van der Waals surface area (Å²) in [5, 5.41) is 0. The average molecular weight is 231 g/mol. The molecule has 17 heavy (non-hydrogen) atoms. The van der Waals surface area contributed by atoms with Crippen molar-refractivity contribution in [3.05, 3.63) is 35.9 Å². The van der Waals surface area contributed by atoms with Gasteiger partial charge in [0.15, 0.2) is 0 Å². The maximum absolute atomic E-state index is 12.1. The molecule has 92 valence electrons. The zero-order chi connectivity index (χ0) is 12.5. The van der Waals surface area contributed by atoms with Gasteiger partial charge in [0, 0.05) is 24.4 Å².